The number of aromatic nitrogens is 2. The van der Waals surface area contributed by atoms with Crippen molar-refractivity contribution < 1.29 is 22.0 Å². The van der Waals surface area contributed by atoms with E-state index in [1.54, 1.807) is 0 Å². The van der Waals surface area contributed by atoms with Gasteiger partial charge in [0.1, 0.15) is 5.82 Å². The summed E-state index contributed by atoms with van der Waals surface area (Å²) in [4.78, 5) is 12.0. The maximum absolute atomic E-state index is 12.9. The van der Waals surface area contributed by atoms with Gasteiger partial charge in [-0.3, -0.25) is 10.1 Å². The summed E-state index contributed by atoms with van der Waals surface area (Å²) in [5.41, 5.74) is 3.33. The zero-order valence-electron chi connectivity index (χ0n) is 16.0. The Hall–Kier alpha value is -3.07. The van der Waals surface area contributed by atoms with Gasteiger partial charge in [0, 0.05) is 6.42 Å². The minimum absolute atomic E-state index is 0.0415. The van der Waals surface area contributed by atoms with Crippen LogP contribution in [0.25, 0.3) is 0 Å². The van der Waals surface area contributed by atoms with Gasteiger partial charge in [-0.05, 0) is 54.8 Å². The molecule has 2 aromatic carbocycles. The second kappa shape index (κ2) is 8.52. The van der Waals surface area contributed by atoms with E-state index < -0.39 is 27.3 Å². The number of carbonyl (C=O) groups excluding carboxylic acids is 1. The molecule has 0 aliphatic carbocycles. The molecule has 0 unspecified atom stereocenters. The van der Waals surface area contributed by atoms with Crippen molar-refractivity contribution in [1.82, 2.24) is 10.2 Å². The van der Waals surface area contributed by atoms with E-state index in [-0.39, 0.29) is 17.3 Å². The minimum Gasteiger partial charge on any atom is -0.407 e. The highest BCUT2D eigenvalue weighted by molar-refractivity contribution is 7.91. The van der Waals surface area contributed by atoms with Crippen LogP contribution in [0.1, 0.15) is 29.0 Å². The molecule has 0 bridgehead atoms. The summed E-state index contributed by atoms with van der Waals surface area (Å²) in [5, 5.41) is 10.1. The van der Waals surface area contributed by atoms with Crippen LogP contribution in [-0.4, -0.2) is 30.3 Å². The lowest BCUT2D eigenvalue weighted by Gasteiger charge is -2.04. The van der Waals surface area contributed by atoms with Gasteiger partial charge in [-0.25, -0.2) is 12.8 Å². The Morgan fingerprint density at radius 1 is 1.07 bits per heavy atom. The van der Waals surface area contributed by atoms with Crippen LogP contribution < -0.4 is 5.32 Å². The largest absolute Gasteiger partial charge is 0.407 e. The van der Waals surface area contributed by atoms with E-state index in [9.17, 15) is 17.6 Å². The molecule has 7 nitrogen and oxygen atoms in total. The number of rotatable bonds is 7. The van der Waals surface area contributed by atoms with Gasteiger partial charge < -0.3 is 4.42 Å². The molecular weight excluding hydrogens is 397 g/mol. The van der Waals surface area contributed by atoms with E-state index in [1.165, 1.54) is 17.7 Å². The molecular formula is C20H20FN3O4S. The average Bonchev–Trinajstić information content (AvgIpc) is 3.10. The van der Waals surface area contributed by atoms with Crippen molar-refractivity contribution in [3.8, 4) is 0 Å². The fraction of sp³-hybridized carbons (Fsp3) is 0.250. The molecule has 0 aliphatic heterocycles. The number of halogens is 1. The SMILES string of the molecule is Cc1ccc(Cc2nnc(NC(=O)CCS(=O)(=O)c3ccc(F)cc3)o2)cc1C. The Bertz CT molecular complexity index is 1120. The quantitative estimate of drug-likeness (QED) is 0.592. The van der Waals surface area contributed by atoms with Crippen molar-refractivity contribution in [1.29, 1.82) is 0 Å². The number of carbonyl (C=O) groups is 1. The van der Waals surface area contributed by atoms with Gasteiger partial charge in [0.15, 0.2) is 9.84 Å². The third-order valence-electron chi connectivity index (χ3n) is 4.41. The molecule has 0 spiro atoms. The van der Waals surface area contributed by atoms with E-state index in [1.807, 2.05) is 32.0 Å². The molecule has 1 aromatic heterocycles. The number of benzene rings is 2. The standard InChI is InChI=1S/C20H20FN3O4S/c1-13-3-4-15(11-14(13)2)12-19-23-24-20(28-19)22-18(25)9-10-29(26,27)17-7-5-16(21)6-8-17/h3-8,11H,9-10,12H2,1-2H3,(H,22,24,25). The first kappa shape index (κ1) is 20.7. The highest BCUT2D eigenvalue weighted by atomic mass is 32.2. The molecule has 1 heterocycles. The lowest BCUT2D eigenvalue weighted by Crippen LogP contribution is -2.17. The van der Waals surface area contributed by atoms with Gasteiger partial charge in [0.25, 0.3) is 0 Å². The summed E-state index contributed by atoms with van der Waals surface area (Å²) in [7, 11) is -3.70. The third kappa shape index (κ3) is 5.47. The second-order valence-corrected chi connectivity index (χ2v) is 8.78. The number of hydrogen-bond acceptors (Lipinski definition) is 6. The fourth-order valence-electron chi connectivity index (χ4n) is 2.63. The molecule has 0 saturated carbocycles. The highest BCUT2D eigenvalue weighted by Crippen LogP contribution is 2.16. The monoisotopic (exact) mass is 417 g/mol. The Morgan fingerprint density at radius 2 is 1.79 bits per heavy atom. The first-order chi connectivity index (χ1) is 13.7. The Morgan fingerprint density at radius 3 is 2.48 bits per heavy atom. The van der Waals surface area contributed by atoms with Crippen LogP contribution in [0.4, 0.5) is 10.4 Å². The first-order valence-corrected chi connectivity index (χ1v) is 10.5. The number of nitrogens with one attached hydrogen (secondary N) is 1. The zero-order valence-corrected chi connectivity index (χ0v) is 16.8. The lowest BCUT2D eigenvalue weighted by molar-refractivity contribution is -0.116. The Kier molecular flexibility index (Phi) is 6.07. The summed E-state index contributed by atoms with van der Waals surface area (Å²) in [5.74, 6) is -1.19. The van der Waals surface area contributed by atoms with Crippen molar-refractivity contribution in [3.63, 3.8) is 0 Å². The molecule has 0 aliphatic rings. The van der Waals surface area contributed by atoms with Gasteiger partial charge in [-0.15, -0.1) is 5.10 Å². The molecule has 0 fully saturated rings. The molecule has 0 atom stereocenters. The highest BCUT2D eigenvalue weighted by Gasteiger charge is 2.18. The first-order valence-electron chi connectivity index (χ1n) is 8.89. The minimum atomic E-state index is -3.70. The normalized spacial score (nSPS) is 11.4. The van der Waals surface area contributed by atoms with Crippen molar-refractivity contribution in [3.05, 3.63) is 70.9 Å². The fourth-order valence-corrected chi connectivity index (χ4v) is 3.87. The lowest BCUT2D eigenvalue weighted by atomic mass is 10.0. The molecule has 0 radical (unpaired) electrons. The van der Waals surface area contributed by atoms with Crippen molar-refractivity contribution >= 4 is 21.8 Å². The third-order valence-corrected chi connectivity index (χ3v) is 6.14. The summed E-state index contributed by atoms with van der Waals surface area (Å²) in [6, 6.07) is 10.4. The molecule has 3 aromatic rings. The van der Waals surface area contributed by atoms with Crippen LogP contribution in [0.3, 0.4) is 0 Å². The van der Waals surface area contributed by atoms with Gasteiger partial charge in [0.2, 0.25) is 11.8 Å². The molecule has 3 rings (SSSR count). The summed E-state index contributed by atoms with van der Waals surface area (Å²) in [6.07, 6.45) is 0.123. The zero-order chi connectivity index (χ0) is 21.0. The van der Waals surface area contributed by atoms with Crippen LogP contribution in [-0.2, 0) is 21.1 Å². The molecule has 0 saturated heterocycles. The van der Waals surface area contributed by atoms with Crippen molar-refractivity contribution in [2.24, 2.45) is 0 Å². The summed E-state index contributed by atoms with van der Waals surface area (Å²) in [6.45, 7) is 4.04. The molecule has 1 N–H and O–H groups in total. The number of sulfone groups is 1. The number of aryl methyl sites for hydroxylation is 2. The predicted octanol–water partition coefficient (Wildman–Crippen LogP) is 3.22. The van der Waals surface area contributed by atoms with Gasteiger partial charge >= 0.3 is 6.01 Å². The van der Waals surface area contributed by atoms with Crippen LogP contribution >= 0.6 is 0 Å². The van der Waals surface area contributed by atoms with Crippen LogP contribution in [0.5, 0.6) is 0 Å². The number of hydrogen-bond donors (Lipinski definition) is 1. The van der Waals surface area contributed by atoms with E-state index >= 15 is 0 Å². The van der Waals surface area contributed by atoms with Gasteiger partial charge in [0.05, 0.1) is 17.1 Å². The topological polar surface area (TPSA) is 102 Å². The number of nitrogens with zero attached hydrogens (tertiary/aromatic N) is 2. The van der Waals surface area contributed by atoms with E-state index in [4.69, 9.17) is 4.42 Å². The molecule has 152 valence electrons. The summed E-state index contributed by atoms with van der Waals surface area (Å²) < 4.78 is 42.7. The smallest absolute Gasteiger partial charge is 0.322 e. The van der Waals surface area contributed by atoms with Gasteiger partial charge in [-0.1, -0.05) is 23.3 Å². The van der Waals surface area contributed by atoms with Gasteiger partial charge in [-0.2, -0.15) is 0 Å². The summed E-state index contributed by atoms with van der Waals surface area (Å²) >= 11 is 0. The van der Waals surface area contributed by atoms with Crippen LogP contribution in [0.15, 0.2) is 51.8 Å². The second-order valence-electron chi connectivity index (χ2n) is 6.67. The molecule has 29 heavy (non-hydrogen) atoms. The molecule has 1 amide bonds. The Labute approximate surface area is 167 Å². The van der Waals surface area contributed by atoms with Crippen molar-refractivity contribution in [2.75, 3.05) is 11.1 Å². The van der Waals surface area contributed by atoms with E-state index in [0.717, 1.165) is 23.3 Å². The van der Waals surface area contributed by atoms with Crippen LogP contribution in [0.2, 0.25) is 0 Å². The maximum atomic E-state index is 12.9. The predicted molar refractivity (Wildman–Crippen MR) is 105 cm³/mol. The maximum Gasteiger partial charge on any atom is 0.322 e. The number of anilines is 1. The molecule has 9 heteroatoms. The Balaban J connectivity index is 1.56. The van der Waals surface area contributed by atoms with E-state index in [2.05, 4.69) is 15.5 Å². The van der Waals surface area contributed by atoms with Crippen molar-refractivity contribution in [2.45, 2.75) is 31.6 Å². The average molecular weight is 417 g/mol. The van der Waals surface area contributed by atoms with Crippen LogP contribution in [0, 0.1) is 19.7 Å². The number of amides is 1. The van der Waals surface area contributed by atoms with E-state index in [0.29, 0.717) is 12.3 Å².